The lowest BCUT2D eigenvalue weighted by Crippen LogP contribution is -2.30. The van der Waals surface area contributed by atoms with E-state index in [-0.39, 0.29) is 6.04 Å². The van der Waals surface area contributed by atoms with Gasteiger partial charge in [0.15, 0.2) is 0 Å². The zero-order valence-corrected chi connectivity index (χ0v) is 15.0. The van der Waals surface area contributed by atoms with Crippen LogP contribution in [-0.2, 0) is 6.54 Å². The maximum atomic E-state index is 5.50. The third-order valence-corrected chi connectivity index (χ3v) is 4.84. The number of methoxy groups -OCH3 is 2. The molecule has 0 saturated heterocycles. The molecule has 0 spiro atoms. The Hall–Kier alpha value is -1.94. The van der Waals surface area contributed by atoms with Crippen LogP contribution in [0, 0.1) is 0 Å². The second-order valence-corrected chi connectivity index (χ2v) is 6.42. The molecule has 0 amide bonds. The number of hydrogen-bond donors (Lipinski definition) is 0. The summed E-state index contributed by atoms with van der Waals surface area (Å²) < 4.78 is 13.4. The molecule has 4 nitrogen and oxygen atoms in total. The molecule has 1 aliphatic heterocycles. The minimum atomic E-state index is 0.248. The summed E-state index contributed by atoms with van der Waals surface area (Å²) in [6, 6.07) is 10.9. The highest BCUT2D eigenvalue weighted by Crippen LogP contribution is 2.36. The average Bonchev–Trinajstić information content (AvgIpc) is 3.00. The monoisotopic (exact) mass is 328 g/mol. The molecular formula is C20H28N2O2. The third-order valence-electron chi connectivity index (χ3n) is 4.84. The first-order valence-electron chi connectivity index (χ1n) is 8.89. The first-order chi connectivity index (χ1) is 11.8. The molecule has 0 aliphatic carbocycles. The lowest BCUT2D eigenvalue weighted by atomic mass is 10.0. The average molecular weight is 328 g/mol. The first-order valence-corrected chi connectivity index (χ1v) is 8.89. The van der Waals surface area contributed by atoms with Crippen molar-refractivity contribution in [3.05, 3.63) is 47.8 Å². The van der Waals surface area contributed by atoms with Crippen LogP contribution in [0.25, 0.3) is 0 Å². The Morgan fingerprint density at radius 3 is 2.50 bits per heavy atom. The van der Waals surface area contributed by atoms with Crippen molar-refractivity contribution in [1.82, 2.24) is 9.47 Å². The largest absolute Gasteiger partial charge is 0.497 e. The molecule has 2 heterocycles. The Morgan fingerprint density at radius 2 is 1.83 bits per heavy atom. The van der Waals surface area contributed by atoms with Gasteiger partial charge in [-0.15, -0.1) is 0 Å². The number of ether oxygens (including phenoxy) is 2. The van der Waals surface area contributed by atoms with Crippen molar-refractivity contribution in [3.63, 3.8) is 0 Å². The molecular weight excluding hydrogens is 300 g/mol. The summed E-state index contributed by atoms with van der Waals surface area (Å²) in [7, 11) is 3.42. The van der Waals surface area contributed by atoms with Crippen molar-refractivity contribution in [3.8, 4) is 11.5 Å². The summed E-state index contributed by atoms with van der Waals surface area (Å²) in [4.78, 5) is 2.61. The van der Waals surface area contributed by atoms with Crippen LogP contribution < -0.4 is 9.47 Å². The highest BCUT2D eigenvalue weighted by molar-refractivity contribution is 5.42. The van der Waals surface area contributed by atoms with Gasteiger partial charge < -0.3 is 14.0 Å². The van der Waals surface area contributed by atoms with E-state index in [1.807, 2.05) is 6.07 Å². The zero-order valence-electron chi connectivity index (χ0n) is 15.0. The van der Waals surface area contributed by atoms with E-state index < -0.39 is 0 Å². The fourth-order valence-electron chi connectivity index (χ4n) is 3.61. The van der Waals surface area contributed by atoms with E-state index >= 15 is 0 Å². The smallest absolute Gasteiger partial charge is 0.122 e. The van der Waals surface area contributed by atoms with Crippen LogP contribution in [0.4, 0.5) is 0 Å². The molecule has 4 heteroatoms. The number of benzene rings is 1. The molecule has 2 aromatic rings. The molecule has 1 atom stereocenters. The molecule has 0 saturated carbocycles. The van der Waals surface area contributed by atoms with Crippen molar-refractivity contribution in [1.29, 1.82) is 0 Å². The van der Waals surface area contributed by atoms with Crippen LogP contribution in [-0.4, -0.2) is 36.8 Å². The Bertz CT molecular complexity index is 643. The highest BCUT2D eigenvalue weighted by atomic mass is 16.5. The van der Waals surface area contributed by atoms with Crippen molar-refractivity contribution in [2.24, 2.45) is 0 Å². The van der Waals surface area contributed by atoms with Crippen LogP contribution >= 0.6 is 0 Å². The van der Waals surface area contributed by atoms with E-state index in [2.05, 4.69) is 46.9 Å². The van der Waals surface area contributed by atoms with Crippen molar-refractivity contribution < 1.29 is 9.47 Å². The van der Waals surface area contributed by atoms with Gasteiger partial charge in [0.25, 0.3) is 0 Å². The van der Waals surface area contributed by atoms with Gasteiger partial charge in [-0.2, -0.15) is 0 Å². The number of hydrogen-bond acceptors (Lipinski definition) is 3. The topological polar surface area (TPSA) is 26.6 Å². The van der Waals surface area contributed by atoms with Gasteiger partial charge >= 0.3 is 0 Å². The Balaban J connectivity index is 2.05. The summed E-state index contributed by atoms with van der Waals surface area (Å²) in [6.45, 7) is 5.57. The van der Waals surface area contributed by atoms with Crippen LogP contribution in [0.5, 0.6) is 11.5 Å². The summed E-state index contributed by atoms with van der Waals surface area (Å²) in [5.74, 6) is 1.70. The number of aryl methyl sites for hydroxylation is 1. The van der Waals surface area contributed by atoms with Gasteiger partial charge in [0.05, 0.1) is 20.3 Å². The summed E-state index contributed by atoms with van der Waals surface area (Å²) in [5, 5.41) is 0. The SMILES string of the molecule is CCCCN1CCCn2cccc2C1c1cc(OC)cc(OC)c1. The van der Waals surface area contributed by atoms with Gasteiger partial charge in [-0.25, -0.2) is 0 Å². The Labute approximate surface area is 145 Å². The lowest BCUT2D eigenvalue weighted by molar-refractivity contribution is 0.225. The first kappa shape index (κ1) is 16.9. The van der Waals surface area contributed by atoms with Crippen molar-refractivity contribution in [2.75, 3.05) is 27.3 Å². The van der Waals surface area contributed by atoms with Crippen LogP contribution in [0.15, 0.2) is 36.5 Å². The van der Waals surface area contributed by atoms with E-state index in [0.29, 0.717) is 0 Å². The minimum absolute atomic E-state index is 0.248. The molecule has 0 bridgehead atoms. The van der Waals surface area contributed by atoms with Gasteiger partial charge in [0, 0.05) is 31.0 Å². The second-order valence-electron chi connectivity index (χ2n) is 6.42. The van der Waals surface area contributed by atoms with Gasteiger partial charge in [0.2, 0.25) is 0 Å². The molecule has 1 aromatic heterocycles. The van der Waals surface area contributed by atoms with Crippen LogP contribution in [0.3, 0.4) is 0 Å². The highest BCUT2D eigenvalue weighted by Gasteiger charge is 2.27. The van der Waals surface area contributed by atoms with E-state index in [4.69, 9.17) is 9.47 Å². The minimum Gasteiger partial charge on any atom is -0.497 e. The van der Waals surface area contributed by atoms with Gasteiger partial charge in [-0.1, -0.05) is 13.3 Å². The molecule has 130 valence electrons. The Morgan fingerprint density at radius 1 is 1.08 bits per heavy atom. The maximum absolute atomic E-state index is 5.50. The van der Waals surface area contributed by atoms with E-state index in [9.17, 15) is 0 Å². The summed E-state index contributed by atoms with van der Waals surface area (Å²) in [5.41, 5.74) is 2.60. The Kier molecular flexibility index (Phi) is 5.46. The number of unbranched alkanes of at least 4 members (excludes halogenated alkanes) is 1. The van der Waals surface area contributed by atoms with Crippen molar-refractivity contribution >= 4 is 0 Å². The number of nitrogens with zero attached hydrogens (tertiary/aromatic N) is 2. The van der Waals surface area contributed by atoms with Gasteiger partial charge in [-0.3, -0.25) is 4.90 Å². The van der Waals surface area contributed by atoms with Crippen molar-refractivity contribution in [2.45, 2.75) is 38.8 Å². The van der Waals surface area contributed by atoms with E-state index in [0.717, 1.165) is 31.1 Å². The molecule has 0 N–H and O–H groups in total. The van der Waals surface area contributed by atoms with E-state index in [1.165, 1.54) is 30.5 Å². The molecule has 1 unspecified atom stereocenters. The fraction of sp³-hybridized carbons (Fsp3) is 0.500. The predicted octanol–water partition coefficient (Wildman–Crippen LogP) is 4.10. The zero-order chi connectivity index (χ0) is 16.9. The molecule has 0 fully saturated rings. The van der Waals surface area contributed by atoms with Gasteiger partial charge in [0.1, 0.15) is 11.5 Å². The number of aromatic nitrogens is 1. The van der Waals surface area contributed by atoms with Gasteiger partial charge in [-0.05, 0) is 49.2 Å². The summed E-state index contributed by atoms with van der Waals surface area (Å²) in [6.07, 6.45) is 5.82. The standard InChI is InChI=1S/C20H28N2O2/c1-4-5-9-22-12-7-11-21-10-6-8-19(21)20(22)16-13-17(23-2)15-18(14-16)24-3/h6,8,10,13-15,20H,4-5,7,9,11-12H2,1-3H3. The quantitative estimate of drug-likeness (QED) is 0.799. The maximum Gasteiger partial charge on any atom is 0.122 e. The molecule has 1 aromatic carbocycles. The molecule has 0 radical (unpaired) electrons. The summed E-state index contributed by atoms with van der Waals surface area (Å²) >= 11 is 0. The number of rotatable bonds is 6. The van der Waals surface area contributed by atoms with Crippen LogP contribution in [0.2, 0.25) is 0 Å². The van der Waals surface area contributed by atoms with Crippen LogP contribution in [0.1, 0.15) is 43.5 Å². The van der Waals surface area contributed by atoms with E-state index in [1.54, 1.807) is 14.2 Å². The molecule has 24 heavy (non-hydrogen) atoms. The lowest BCUT2D eigenvalue weighted by Gasteiger charge is -2.31. The predicted molar refractivity (Wildman–Crippen MR) is 96.9 cm³/mol. The molecule has 3 rings (SSSR count). The fourth-order valence-corrected chi connectivity index (χ4v) is 3.61. The molecule has 1 aliphatic rings. The normalized spacial score (nSPS) is 18.0. The number of fused-ring (bicyclic) bond motifs is 1. The third kappa shape index (κ3) is 3.44. The second kappa shape index (κ2) is 7.75.